The van der Waals surface area contributed by atoms with Crippen molar-refractivity contribution in [2.24, 2.45) is 13.0 Å². The minimum atomic E-state index is -4.60. The first-order valence-corrected chi connectivity index (χ1v) is 6.75. The molecule has 10 heteroatoms. The van der Waals surface area contributed by atoms with Crippen LogP contribution >= 0.6 is 0 Å². The molecule has 0 bridgehead atoms. The molecule has 0 saturated carbocycles. The van der Waals surface area contributed by atoms with Crippen molar-refractivity contribution >= 4 is 12.1 Å². The maximum absolute atomic E-state index is 12.1. The quantitative estimate of drug-likeness (QED) is 0.779. The fraction of sp³-hybridized carbons (Fsp3) is 0.615. The Bertz CT molecular complexity index is 587. The number of amides is 1. The van der Waals surface area contributed by atoms with Gasteiger partial charge in [-0.15, -0.1) is 0 Å². The molecule has 1 aliphatic heterocycles. The van der Waals surface area contributed by atoms with Gasteiger partial charge in [-0.25, -0.2) is 9.78 Å². The van der Waals surface area contributed by atoms with Gasteiger partial charge in [0.25, 0.3) is 0 Å². The number of esters is 1. The maximum Gasteiger partial charge on any atom is 0.422 e. The average Bonchev–Trinajstić information content (AvgIpc) is 3.09. The van der Waals surface area contributed by atoms with E-state index in [4.69, 9.17) is 4.74 Å². The number of aromatic nitrogens is 2. The molecule has 2 rings (SSSR count). The molecule has 128 valence electrons. The van der Waals surface area contributed by atoms with E-state index in [0.717, 1.165) is 4.90 Å². The molecule has 0 N–H and O–H groups in total. The number of imidazole rings is 1. The zero-order valence-electron chi connectivity index (χ0n) is 12.5. The lowest BCUT2D eigenvalue weighted by molar-refractivity contribution is -0.162. The molecule has 23 heavy (non-hydrogen) atoms. The van der Waals surface area contributed by atoms with Gasteiger partial charge in [0.1, 0.15) is 0 Å². The second kappa shape index (κ2) is 6.47. The minimum absolute atomic E-state index is 0.0516. The van der Waals surface area contributed by atoms with Crippen molar-refractivity contribution in [1.29, 1.82) is 0 Å². The van der Waals surface area contributed by atoms with Crippen molar-refractivity contribution in [3.63, 3.8) is 0 Å². The number of aryl methyl sites for hydroxylation is 1. The van der Waals surface area contributed by atoms with Gasteiger partial charge < -0.3 is 18.9 Å². The van der Waals surface area contributed by atoms with Crippen LogP contribution in [0.4, 0.5) is 18.0 Å². The van der Waals surface area contributed by atoms with E-state index >= 15 is 0 Å². The number of nitrogens with zero attached hydrogens (tertiary/aromatic N) is 3. The van der Waals surface area contributed by atoms with Gasteiger partial charge in [0, 0.05) is 37.9 Å². The number of carbonyl (C=O) groups excluding carboxylic acids is 2. The van der Waals surface area contributed by atoms with E-state index in [1.165, 1.54) is 13.4 Å². The van der Waals surface area contributed by atoms with E-state index < -0.39 is 36.7 Å². The van der Waals surface area contributed by atoms with Gasteiger partial charge in [-0.3, -0.25) is 4.79 Å². The van der Waals surface area contributed by atoms with Gasteiger partial charge in [-0.1, -0.05) is 0 Å². The highest BCUT2D eigenvalue weighted by atomic mass is 19.4. The van der Waals surface area contributed by atoms with Crippen molar-refractivity contribution in [3.8, 4) is 0 Å². The largest absolute Gasteiger partial charge is 0.469 e. The van der Waals surface area contributed by atoms with Gasteiger partial charge in [-0.05, 0) is 0 Å². The molecule has 1 aliphatic rings. The smallest absolute Gasteiger partial charge is 0.422 e. The summed E-state index contributed by atoms with van der Waals surface area (Å²) in [6.45, 7) is -1.68. The standard InChI is InChI=1S/C13H16F3N3O4/c1-18-7-17-3-10(18)8-4-19(5-9(8)11(20)22-2)12(21)23-6-13(14,15)16/h3,7-9H,4-6H2,1-2H3/t8-,9-/m1/s1. The zero-order chi connectivity index (χ0) is 17.2. The first-order chi connectivity index (χ1) is 10.7. The highest BCUT2D eigenvalue weighted by Crippen LogP contribution is 2.33. The normalized spacial score (nSPS) is 21.3. The van der Waals surface area contributed by atoms with Crippen molar-refractivity contribution in [1.82, 2.24) is 14.5 Å². The number of halogens is 3. The predicted octanol–water partition coefficient (Wildman–Crippen LogP) is 1.31. The van der Waals surface area contributed by atoms with Crippen LogP contribution in [0.15, 0.2) is 12.5 Å². The SMILES string of the molecule is COC(=O)[C@@H]1CN(C(=O)OCC(F)(F)F)C[C@H]1c1cncn1C. The van der Waals surface area contributed by atoms with E-state index in [9.17, 15) is 22.8 Å². The van der Waals surface area contributed by atoms with Crippen molar-refractivity contribution in [2.45, 2.75) is 12.1 Å². The molecule has 0 spiro atoms. The number of likely N-dealkylation sites (tertiary alicyclic amines) is 1. The molecule has 1 amide bonds. The van der Waals surface area contributed by atoms with E-state index in [1.54, 1.807) is 17.8 Å². The molecule has 0 unspecified atom stereocenters. The summed E-state index contributed by atoms with van der Waals surface area (Å²) >= 11 is 0. The van der Waals surface area contributed by atoms with Gasteiger partial charge >= 0.3 is 18.2 Å². The minimum Gasteiger partial charge on any atom is -0.469 e. The lowest BCUT2D eigenvalue weighted by atomic mass is 9.93. The highest BCUT2D eigenvalue weighted by Gasteiger charge is 2.43. The van der Waals surface area contributed by atoms with Crippen molar-refractivity contribution in [3.05, 3.63) is 18.2 Å². The fourth-order valence-corrected chi connectivity index (χ4v) is 2.60. The third-order valence-electron chi connectivity index (χ3n) is 3.68. The van der Waals surface area contributed by atoms with E-state index in [1.807, 2.05) is 0 Å². The van der Waals surface area contributed by atoms with E-state index in [0.29, 0.717) is 5.69 Å². The Hall–Kier alpha value is -2.26. The average molecular weight is 335 g/mol. The molecular formula is C13H16F3N3O4. The molecule has 0 radical (unpaired) electrons. The van der Waals surface area contributed by atoms with Crippen LogP contribution in [0.1, 0.15) is 11.6 Å². The van der Waals surface area contributed by atoms with Gasteiger partial charge in [-0.2, -0.15) is 13.2 Å². The number of hydrogen-bond donors (Lipinski definition) is 0. The molecule has 7 nitrogen and oxygen atoms in total. The van der Waals surface area contributed by atoms with E-state index in [2.05, 4.69) is 9.72 Å². The summed E-state index contributed by atoms with van der Waals surface area (Å²) in [6.07, 6.45) is -2.63. The van der Waals surface area contributed by atoms with Gasteiger partial charge in [0.2, 0.25) is 0 Å². The summed E-state index contributed by atoms with van der Waals surface area (Å²) < 4.78 is 47.0. The Kier molecular flexibility index (Phi) is 4.81. The molecule has 2 heterocycles. The number of ether oxygens (including phenoxy) is 2. The fourth-order valence-electron chi connectivity index (χ4n) is 2.60. The van der Waals surface area contributed by atoms with Crippen molar-refractivity contribution < 1.29 is 32.2 Å². The second-order valence-corrected chi connectivity index (χ2v) is 5.24. The first-order valence-electron chi connectivity index (χ1n) is 6.75. The Labute approximate surface area is 130 Å². The lowest BCUT2D eigenvalue weighted by Gasteiger charge is -2.17. The molecular weight excluding hydrogens is 319 g/mol. The molecule has 1 fully saturated rings. The Morgan fingerprint density at radius 1 is 1.39 bits per heavy atom. The zero-order valence-corrected chi connectivity index (χ0v) is 12.5. The number of rotatable bonds is 3. The maximum atomic E-state index is 12.1. The number of carbonyl (C=O) groups is 2. The van der Waals surface area contributed by atoms with Crippen LogP contribution in [-0.4, -0.2) is 59.5 Å². The summed E-state index contributed by atoms with van der Waals surface area (Å²) in [7, 11) is 2.94. The predicted molar refractivity (Wildman–Crippen MR) is 70.4 cm³/mol. The highest BCUT2D eigenvalue weighted by molar-refractivity contribution is 5.77. The summed E-state index contributed by atoms with van der Waals surface area (Å²) in [5.74, 6) is -1.65. The summed E-state index contributed by atoms with van der Waals surface area (Å²) in [4.78, 5) is 28.7. The van der Waals surface area contributed by atoms with Gasteiger partial charge in [0.05, 0.1) is 19.4 Å². The Balaban J connectivity index is 2.12. The first kappa shape index (κ1) is 17.1. The van der Waals surface area contributed by atoms with E-state index in [-0.39, 0.29) is 13.1 Å². The summed E-state index contributed by atoms with van der Waals surface area (Å²) in [5, 5.41) is 0. The molecule has 2 atom stereocenters. The molecule has 0 aromatic carbocycles. The number of methoxy groups -OCH3 is 1. The molecule has 0 aliphatic carbocycles. The lowest BCUT2D eigenvalue weighted by Crippen LogP contribution is -2.33. The third kappa shape index (κ3) is 3.93. The summed E-state index contributed by atoms with van der Waals surface area (Å²) in [5.41, 5.74) is 0.687. The van der Waals surface area contributed by atoms with Crippen LogP contribution in [0.3, 0.4) is 0 Å². The number of hydrogen-bond acceptors (Lipinski definition) is 5. The monoisotopic (exact) mass is 335 g/mol. The topological polar surface area (TPSA) is 73.7 Å². The number of alkyl halides is 3. The van der Waals surface area contributed by atoms with Crippen LogP contribution in [0.25, 0.3) is 0 Å². The van der Waals surface area contributed by atoms with Crippen LogP contribution in [0.5, 0.6) is 0 Å². The summed E-state index contributed by atoms with van der Waals surface area (Å²) in [6, 6.07) is 0. The van der Waals surface area contributed by atoms with Crippen LogP contribution < -0.4 is 0 Å². The van der Waals surface area contributed by atoms with Crippen LogP contribution in [0, 0.1) is 5.92 Å². The van der Waals surface area contributed by atoms with Crippen LogP contribution in [0.2, 0.25) is 0 Å². The second-order valence-electron chi connectivity index (χ2n) is 5.24. The van der Waals surface area contributed by atoms with Crippen LogP contribution in [-0.2, 0) is 21.3 Å². The van der Waals surface area contributed by atoms with Gasteiger partial charge in [0.15, 0.2) is 6.61 Å². The molecule has 1 aromatic heterocycles. The van der Waals surface area contributed by atoms with Crippen molar-refractivity contribution in [2.75, 3.05) is 26.8 Å². The molecule has 1 aromatic rings. The Morgan fingerprint density at radius 3 is 2.61 bits per heavy atom. The third-order valence-corrected chi connectivity index (χ3v) is 3.68. The molecule has 1 saturated heterocycles. The Morgan fingerprint density at radius 2 is 2.09 bits per heavy atom.